The molecule has 2 amide bonds. The number of rotatable bonds is 7. The number of phenols is 1. The second-order valence-electron chi connectivity index (χ2n) is 12.4. The van der Waals surface area contributed by atoms with Crippen LogP contribution >= 0.6 is 0 Å². The Balaban J connectivity index is 1.43. The molecule has 3 aliphatic rings. The van der Waals surface area contributed by atoms with Crippen molar-refractivity contribution in [3.63, 3.8) is 0 Å². The summed E-state index contributed by atoms with van der Waals surface area (Å²) in [6.45, 7) is 10.00. The number of phenolic OH excluding ortho intramolecular Hbond substituents is 1. The fourth-order valence-electron chi connectivity index (χ4n) is 7.12. The van der Waals surface area contributed by atoms with E-state index in [0.29, 0.717) is 30.7 Å². The number of anilines is 1. The number of imide groups is 1. The SMILES string of the molecule is C/C(=C\c1cc(C)c(O)c(C)c1)CC[C@H]1OB(O)C[C@H]2C1=C(C(C)C)C[C@H]1C(=O)N(c3cccc(B(O)O)c3)C(=O)[C@H]12. The second-order valence-corrected chi connectivity index (χ2v) is 12.4. The van der Waals surface area contributed by atoms with Crippen molar-refractivity contribution in [2.45, 2.75) is 66.3 Å². The monoisotopic (exact) mass is 571 g/mol. The Morgan fingerprint density at radius 2 is 1.81 bits per heavy atom. The van der Waals surface area contributed by atoms with Gasteiger partial charge in [-0.3, -0.25) is 14.5 Å². The molecule has 4 atom stereocenters. The quantitative estimate of drug-likeness (QED) is 0.228. The highest BCUT2D eigenvalue weighted by Gasteiger charge is 2.57. The number of aromatic hydroxyl groups is 1. The molecular formula is C32H39B2NO7. The van der Waals surface area contributed by atoms with Gasteiger partial charge in [-0.15, -0.1) is 0 Å². The highest BCUT2D eigenvalue weighted by Crippen LogP contribution is 2.52. The van der Waals surface area contributed by atoms with Gasteiger partial charge < -0.3 is 24.8 Å². The molecule has 0 bridgehead atoms. The minimum atomic E-state index is -1.72. The summed E-state index contributed by atoms with van der Waals surface area (Å²) in [7, 11) is -2.76. The third-order valence-corrected chi connectivity index (χ3v) is 9.09. The number of benzene rings is 2. The lowest BCUT2D eigenvalue weighted by atomic mass is 9.57. The summed E-state index contributed by atoms with van der Waals surface area (Å²) in [6.07, 6.45) is 3.74. The van der Waals surface area contributed by atoms with Crippen molar-refractivity contribution in [2.24, 2.45) is 23.7 Å². The number of fused-ring (bicyclic) bond motifs is 3. The average Bonchev–Trinajstić information content (AvgIpc) is 3.19. The van der Waals surface area contributed by atoms with Gasteiger partial charge in [0.25, 0.3) is 0 Å². The summed E-state index contributed by atoms with van der Waals surface area (Å²) in [5.41, 5.74) is 6.47. The zero-order valence-electron chi connectivity index (χ0n) is 24.9. The number of amides is 2. The summed E-state index contributed by atoms with van der Waals surface area (Å²) in [5.74, 6) is -1.65. The van der Waals surface area contributed by atoms with Crippen LogP contribution < -0.4 is 10.4 Å². The lowest BCUT2D eigenvalue weighted by molar-refractivity contribution is -0.122. The van der Waals surface area contributed by atoms with Crippen LogP contribution in [0.3, 0.4) is 0 Å². The van der Waals surface area contributed by atoms with E-state index in [1.54, 1.807) is 12.1 Å². The summed E-state index contributed by atoms with van der Waals surface area (Å²) in [6, 6.07) is 10.1. The van der Waals surface area contributed by atoms with Gasteiger partial charge in [-0.05, 0) is 110 Å². The Morgan fingerprint density at radius 1 is 1.12 bits per heavy atom. The third kappa shape index (κ3) is 5.61. The van der Waals surface area contributed by atoms with Crippen LogP contribution in [0, 0.1) is 37.5 Å². The highest BCUT2D eigenvalue weighted by molar-refractivity contribution is 6.58. The maximum atomic E-state index is 13.9. The second kappa shape index (κ2) is 11.8. The largest absolute Gasteiger partial charge is 0.507 e. The number of carbonyl (C=O) groups excluding carboxylic acids is 2. The molecule has 220 valence electrons. The van der Waals surface area contributed by atoms with Crippen molar-refractivity contribution in [3.8, 4) is 5.75 Å². The highest BCUT2D eigenvalue weighted by atomic mass is 16.5. The van der Waals surface area contributed by atoms with Crippen LogP contribution in [0.2, 0.25) is 6.32 Å². The van der Waals surface area contributed by atoms with Gasteiger partial charge in [-0.1, -0.05) is 43.2 Å². The lowest BCUT2D eigenvalue weighted by Crippen LogP contribution is -2.46. The van der Waals surface area contributed by atoms with E-state index in [1.165, 1.54) is 17.0 Å². The van der Waals surface area contributed by atoms with E-state index in [0.717, 1.165) is 33.4 Å². The van der Waals surface area contributed by atoms with Crippen LogP contribution in [0.1, 0.15) is 56.7 Å². The van der Waals surface area contributed by atoms with Crippen LogP contribution in [0.15, 0.2) is 53.1 Å². The first kappa shape index (κ1) is 30.3. The van der Waals surface area contributed by atoms with Gasteiger partial charge in [0, 0.05) is 0 Å². The molecule has 0 unspecified atom stereocenters. The standard InChI is InChI=1S/C32H39B2NO7/c1-17(2)24-15-25-29(32(38)35(31(25)37)23-8-6-7-22(14-23)34(40)41)26-16-33(39)42-27(28(24)26)10-9-18(3)11-21-12-19(4)30(36)20(5)13-21/h6-8,11-14,17,25-27,29,36,39-41H,9-10,15-16H2,1-5H3/b18-11+/t25-,26+,27-,29-/m1/s1. The Labute approximate surface area is 248 Å². The van der Waals surface area contributed by atoms with E-state index in [1.807, 2.05) is 26.0 Å². The molecular weight excluding hydrogens is 532 g/mol. The van der Waals surface area contributed by atoms with E-state index in [4.69, 9.17) is 4.65 Å². The fraction of sp³-hybridized carbons (Fsp3) is 0.438. The van der Waals surface area contributed by atoms with E-state index in [-0.39, 0.29) is 41.5 Å². The summed E-state index contributed by atoms with van der Waals surface area (Å²) in [4.78, 5) is 28.9. The smallest absolute Gasteiger partial charge is 0.488 e. The van der Waals surface area contributed by atoms with E-state index in [9.17, 15) is 29.8 Å². The zero-order chi connectivity index (χ0) is 30.5. The first-order chi connectivity index (χ1) is 19.9. The van der Waals surface area contributed by atoms with Gasteiger partial charge in [0.1, 0.15) is 5.75 Å². The zero-order valence-corrected chi connectivity index (χ0v) is 24.9. The van der Waals surface area contributed by atoms with Crippen molar-refractivity contribution in [2.75, 3.05) is 4.90 Å². The minimum Gasteiger partial charge on any atom is -0.507 e. The number of carbonyl (C=O) groups is 2. The summed E-state index contributed by atoms with van der Waals surface area (Å²) in [5, 5.41) is 40.3. The van der Waals surface area contributed by atoms with Gasteiger partial charge in [-0.2, -0.15) is 0 Å². The Hall–Kier alpha value is -3.17. The molecule has 2 saturated heterocycles. The van der Waals surface area contributed by atoms with Crippen molar-refractivity contribution in [1.82, 2.24) is 0 Å². The van der Waals surface area contributed by atoms with Crippen LogP contribution in [-0.2, 0) is 14.2 Å². The average molecular weight is 571 g/mol. The van der Waals surface area contributed by atoms with E-state index in [2.05, 4.69) is 26.8 Å². The van der Waals surface area contributed by atoms with E-state index < -0.39 is 26.1 Å². The predicted octanol–water partition coefficient (Wildman–Crippen LogP) is 3.53. The van der Waals surface area contributed by atoms with Crippen LogP contribution in [0.4, 0.5) is 5.69 Å². The molecule has 0 aromatic heterocycles. The Kier molecular flexibility index (Phi) is 8.54. The molecule has 8 nitrogen and oxygen atoms in total. The topological polar surface area (TPSA) is 128 Å². The maximum Gasteiger partial charge on any atom is 0.488 e. The normalized spacial score (nSPS) is 24.5. The van der Waals surface area contributed by atoms with Crippen molar-refractivity contribution in [1.29, 1.82) is 0 Å². The minimum absolute atomic E-state index is 0.134. The Morgan fingerprint density at radius 3 is 2.45 bits per heavy atom. The molecule has 0 radical (unpaired) electrons. The van der Waals surface area contributed by atoms with Crippen molar-refractivity contribution in [3.05, 3.63) is 69.8 Å². The molecule has 42 heavy (non-hydrogen) atoms. The van der Waals surface area contributed by atoms with Gasteiger partial charge in [0.2, 0.25) is 11.8 Å². The number of hydrogen-bond donors (Lipinski definition) is 4. The number of nitrogens with zero attached hydrogens (tertiary/aromatic N) is 1. The number of hydrogen-bond acceptors (Lipinski definition) is 7. The molecule has 10 heteroatoms. The molecule has 2 aliphatic heterocycles. The molecule has 2 aromatic rings. The van der Waals surface area contributed by atoms with Gasteiger partial charge in [0.05, 0.1) is 23.6 Å². The van der Waals surface area contributed by atoms with Crippen molar-refractivity contribution < 1.29 is 34.4 Å². The Bertz CT molecular complexity index is 1440. The van der Waals surface area contributed by atoms with Crippen molar-refractivity contribution >= 4 is 43.3 Å². The lowest BCUT2D eigenvalue weighted by Gasteiger charge is -2.44. The predicted molar refractivity (Wildman–Crippen MR) is 164 cm³/mol. The molecule has 2 aromatic carbocycles. The maximum absolute atomic E-state index is 13.9. The van der Waals surface area contributed by atoms with Gasteiger partial charge >= 0.3 is 14.2 Å². The molecule has 2 heterocycles. The molecule has 1 aliphatic carbocycles. The first-order valence-corrected chi connectivity index (χ1v) is 14.7. The molecule has 2 fully saturated rings. The van der Waals surface area contributed by atoms with Crippen LogP contribution in [-0.4, -0.2) is 52.3 Å². The summed E-state index contributed by atoms with van der Waals surface area (Å²) >= 11 is 0. The van der Waals surface area contributed by atoms with Gasteiger partial charge in [0.15, 0.2) is 0 Å². The number of aryl methyl sites for hydroxylation is 2. The molecule has 4 N–H and O–H groups in total. The molecule has 5 rings (SSSR count). The third-order valence-electron chi connectivity index (χ3n) is 9.09. The fourth-order valence-corrected chi connectivity index (χ4v) is 7.12. The molecule has 0 saturated carbocycles. The summed E-state index contributed by atoms with van der Waals surface area (Å²) < 4.78 is 6.13. The van der Waals surface area contributed by atoms with Crippen LogP contribution in [0.25, 0.3) is 6.08 Å². The number of allylic oxidation sites excluding steroid dienone is 2. The van der Waals surface area contributed by atoms with Gasteiger partial charge in [-0.25, -0.2) is 0 Å². The molecule has 0 spiro atoms. The van der Waals surface area contributed by atoms with E-state index >= 15 is 0 Å². The van der Waals surface area contributed by atoms with Crippen LogP contribution in [0.5, 0.6) is 5.75 Å². The first-order valence-electron chi connectivity index (χ1n) is 14.7.